The minimum absolute atomic E-state index is 0.242. The van der Waals surface area contributed by atoms with Crippen molar-refractivity contribution in [2.24, 2.45) is 0 Å². The van der Waals surface area contributed by atoms with Crippen LogP contribution < -0.4 is 10.1 Å². The standard InChI is InChI=1S/C24H18BrCl2N3O2/c25-19-5-2-6-20(13-19)32-15-17-3-1-4-18(11-17)24(31)28-23-9-10-30(29-23)14-16-7-8-21(26)22(27)12-16/h1-13H,14-15H2,(H,28,29,31). The van der Waals surface area contributed by atoms with Gasteiger partial charge in [-0.15, -0.1) is 0 Å². The number of rotatable bonds is 7. The van der Waals surface area contributed by atoms with Crippen molar-refractivity contribution >= 4 is 50.9 Å². The van der Waals surface area contributed by atoms with Gasteiger partial charge in [0.05, 0.1) is 16.6 Å². The zero-order valence-electron chi connectivity index (χ0n) is 16.8. The lowest BCUT2D eigenvalue weighted by atomic mass is 10.1. The summed E-state index contributed by atoms with van der Waals surface area (Å²) < 4.78 is 8.47. The zero-order valence-corrected chi connectivity index (χ0v) is 19.9. The third kappa shape index (κ3) is 5.91. The number of amides is 1. The number of hydrogen-bond donors (Lipinski definition) is 1. The van der Waals surface area contributed by atoms with Gasteiger partial charge in [-0.1, -0.05) is 63.4 Å². The maximum atomic E-state index is 12.7. The summed E-state index contributed by atoms with van der Waals surface area (Å²) in [6.45, 7) is 0.866. The van der Waals surface area contributed by atoms with Gasteiger partial charge in [-0.3, -0.25) is 9.48 Å². The largest absolute Gasteiger partial charge is 0.489 e. The molecule has 3 aromatic carbocycles. The quantitative estimate of drug-likeness (QED) is 0.285. The molecule has 0 radical (unpaired) electrons. The van der Waals surface area contributed by atoms with E-state index < -0.39 is 0 Å². The van der Waals surface area contributed by atoms with Crippen molar-refractivity contribution in [2.45, 2.75) is 13.2 Å². The molecule has 5 nitrogen and oxygen atoms in total. The van der Waals surface area contributed by atoms with Crippen molar-refractivity contribution in [1.82, 2.24) is 9.78 Å². The molecule has 1 N–H and O–H groups in total. The lowest BCUT2D eigenvalue weighted by molar-refractivity contribution is 0.102. The summed E-state index contributed by atoms with van der Waals surface area (Å²) in [6.07, 6.45) is 1.79. The number of anilines is 1. The van der Waals surface area contributed by atoms with E-state index in [2.05, 4.69) is 26.3 Å². The van der Waals surface area contributed by atoms with Crippen LogP contribution in [0.1, 0.15) is 21.5 Å². The molecule has 32 heavy (non-hydrogen) atoms. The second-order valence-electron chi connectivity index (χ2n) is 7.05. The number of nitrogens with one attached hydrogen (secondary N) is 1. The van der Waals surface area contributed by atoms with Gasteiger partial charge in [0.2, 0.25) is 0 Å². The molecule has 0 fully saturated rings. The number of ether oxygens (including phenoxy) is 1. The van der Waals surface area contributed by atoms with Gasteiger partial charge in [-0.25, -0.2) is 0 Å². The number of carbonyl (C=O) groups is 1. The zero-order chi connectivity index (χ0) is 22.5. The average Bonchev–Trinajstić information content (AvgIpc) is 3.22. The van der Waals surface area contributed by atoms with Crippen LogP contribution in [0.15, 0.2) is 83.5 Å². The molecule has 162 valence electrons. The van der Waals surface area contributed by atoms with Gasteiger partial charge >= 0.3 is 0 Å². The van der Waals surface area contributed by atoms with Crippen molar-refractivity contribution in [3.63, 3.8) is 0 Å². The Hall–Kier alpha value is -2.80. The molecule has 4 rings (SSSR count). The lowest BCUT2D eigenvalue weighted by Crippen LogP contribution is -2.13. The van der Waals surface area contributed by atoms with Crippen LogP contribution in [-0.4, -0.2) is 15.7 Å². The number of halogens is 3. The molecular formula is C24H18BrCl2N3O2. The highest BCUT2D eigenvalue weighted by molar-refractivity contribution is 9.10. The maximum absolute atomic E-state index is 12.7. The normalized spacial score (nSPS) is 10.7. The summed E-state index contributed by atoms with van der Waals surface area (Å²) in [5.41, 5.74) is 2.38. The van der Waals surface area contributed by atoms with Crippen LogP contribution in [0.4, 0.5) is 5.82 Å². The van der Waals surface area contributed by atoms with Gasteiger partial charge < -0.3 is 10.1 Å². The monoisotopic (exact) mass is 529 g/mol. The SMILES string of the molecule is O=C(Nc1ccn(Cc2ccc(Cl)c(Cl)c2)n1)c1cccc(COc2cccc(Br)c2)c1. The Morgan fingerprint density at radius 1 is 0.969 bits per heavy atom. The number of nitrogens with zero attached hydrogens (tertiary/aromatic N) is 2. The highest BCUT2D eigenvalue weighted by Crippen LogP contribution is 2.23. The first-order valence-electron chi connectivity index (χ1n) is 9.72. The van der Waals surface area contributed by atoms with Crippen LogP contribution in [0.3, 0.4) is 0 Å². The van der Waals surface area contributed by atoms with E-state index in [0.29, 0.717) is 34.6 Å². The summed E-state index contributed by atoms with van der Waals surface area (Å²) in [7, 11) is 0. The molecule has 0 saturated heterocycles. The first-order chi connectivity index (χ1) is 15.5. The molecule has 0 atom stereocenters. The fourth-order valence-electron chi connectivity index (χ4n) is 3.06. The molecule has 0 saturated carbocycles. The van der Waals surface area contributed by atoms with Crippen molar-refractivity contribution in [3.05, 3.63) is 110 Å². The molecule has 4 aromatic rings. The fourth-order valence-corrected chi connectivity index (χ4v) is 3.75. The van der Waals surface area contributed by atoms with E-state index in [0.717, 1.165) is 21.3 Å². The number of benzene rings is 3. The molecule has 0 aliphatic rings. The second-order valence-corrected chi connectivity index (χ2v) is 8.78. The Morgan fingerprint density at radius 2 is 1.81 bits per heavy atom. The van der Waals surface area contributed by atoms with Crippen LogP contribution in [-0.2, 0) is 13.2 Å². The van der Waals surface area contributed by atoms with E-state index in [1.54, 1.807) is 41.2 Å². The Bertz CT molecular complexity index is 1260. The number of carbonyl (C=O) groups excluding carboxylic acids is 1. The van der Waals surface area contributed by atoms with Crippen molar-refractivity contribution in [3.8, 4) is 5.75 Å². The van der Waals surface area contributed by atoms with Gasteiger partial charge in [0.1, 0.15) is 12.4 Å². The summed E-state index contributed by atoms with van der Waals surface area (Å²) in [6, 6.07) is 22.1. The van der Waals surface area contributed by atoms with Gasteiger partial charge in [0.15, 0.2) is 5.82 Å². The molecule has 0 aliphatic heterocycles. The Kier molecular flexibility index (Phi) is 7.15. The van der Waals surface area contributed by atoms with Gasteiger partial charge in [-0.2, -0.15) is 5.10 Å². The Labute approximate surface area is 204 Å². The maximum Gasteiger partial charge on any atom is 0.256 e. The molecule has 0 aliphatic carbocycles. The van der Waals surface area contributed by atoms with Gasteiger partial charge in [0.25, 0.3) is 5.91 Å². The summed E-state index contributed by atoms with van der Waals surface area (Å²) >= 11 is 15.5. The van der Waals surface area contributed by atoms with Crippen LogP contribution in [0.25, 0.3) is 0 Å². The lowest BCUT2D eigenvalue weighted by Gasteiger charge is -2.08. The highest BCUT2D eigenvalue weighted by Gasteiger charge is 2.10. The van der Waals surface area contributed by atoms with E-state index in [9.17, 15) is 4.79 Å². The van der Waals surface area contributed by atoms with E-state index in [4.69, 9.17) is 27.9 Å². The van der Waals surface area contributed by atoms with E-state index >= 15 is 0 Å². The van der Waals surface area contributed by atoms with E-state index in [1.807, 2.05) is 42.5 Å². The number of hydrogen-bond acceptors (Lipinski definition) is 3. The van der Waals surface area contributed by atoms with Gasteiger partial charge in [-0.05, 0) is 53.6 Å². The average molecular weight is 531 g/mol. The van der Waals surface area contributed by atoms with E-state index in [1.165, 1.54) is 0 Å². The fraction of sp³-hybridized carbons (Fsp3) is 0.0833. The van der Waals surface area contributed by atoms with Crippen LogP contribution in [0, 0.1) is 0 Å². The third-order valence-electron chi connectivity index (χ3n) is 4.60. The summed E-state index contributed by atoms with van der Waals surface area (Å²) in [5.74, 6) is 0.974. The van der Waals surface area contributed by atoms with Crippen LogP contribution in [0.5, 0.6) is 5.75 Å². The minimum atomic E-state index is -0.242. The predicted octanol–water partition coefficient (Wildman–Crippen LogP) is 6.83. The molecule has 1 heterocycles. The molecule has 8 heteroatoms. The molecule has 0 bridgehead atoms. The Morgan fingerprint density at radius 3 is 2.62 bits per heavy atom. The first kappa shape index (κ1) is 22.4. The Balaban J connectivity index is 1.37. The minimum Gasteiger partial charge on any atom is -0.489 e. The first-order valence-corrected chi connectivity index (χ1v) is 11.3. The smallest absolute Gasteiger partial charge is 0.256 e. The van der Waals surface area contributed by atoms with Crippen molar-refractivity contribution in [2.75, 3.05) is 5.32 Å². The highest BCUT2D eigenvalue weighted by atomic mass is 79.9. The molecule has 1 aromatic heterocycles. The van der Waals surface area contributed by atoms with E-state index in [-0.39, 0.29) is 5.91 Å². The molecule has 1 amide bonds. The van der Waals surface area contributed by atoms with Crippen LogP contribution in [0.2, 0.25) is 10.0 Å². The predicted molar refractivity (Wildman–Crippen MR) is 131 cm³/mol. The third-order valence-corrected chi connectivity index (χ3v) is 5.83. The second kappa shape index (κ2) is 10.2. The molecule has 0 spiro atoms. The topological polar surface area (TPSA) is 56.2 Å². The van der Waals surface area contributed by atoms with Crippen LogP contribution >= 0.6 is 39.1 Å². The van der Waals surface area contributed by atoms with Crippen molar-refractivity contribution < 1.29 is 9.53 Å². The summed E-state index contributed by atoms with van der Waals surface area (Å²) in [4.78, 5) is 12.7. The molecule has 0 unspecified atom stereocenters. The van der Waals surface area contributed by atoms with Gasteiger partial charge in [0, 0.05) is 22.3 Å². The summed E-state index contributed by atoms with van der Waals surface area (Å²) in [5, 5.41) is 8.24. The number of aromatic nitrogens is 2. The molecular weight excluding hydrogens is 513 g/mol. The van der Waals surface area contributed by atoms with Crippen molar-refractivity contribution in [1.29, 1.82) is 0 Å².